The first kappa shape index (κ1) is 14.8. The molecule has 0 aromatic heterocycles. The third kappa shape index (κ3) is 4.21. The molecule has 3 rings (SSSR count). The zero-order valence-electron chi connectivity index (χ0n) is 13.1. The van der Waals surface area contributed by atoms with Crippen LogP contribution >= 0.6 is 0 Å². The lowest BCUT2D eigenvalue weighted by atomic mass is 9.92. The highest BCUT2D eigenvalue weighted by molar-refractivity contribution is 4.95. The summed E-state index contributed by atoms with van der Waals surface area (Å²) in [5.74, 6) is 0. The first-order valence-corrected chi connectivity index (χ1v) is 9.33. The smallest absolute Gasteiger partial charge is 0.0733 e. The number of fused-ring (bicyclic) bond motifs is 2. The van der Waals surface area contributed by atoms with Gasteiger partial charge in [0.15, 0.2) is 0 Å². The molecule has 2 saturated heterocycles. The minimum atomic E-state index is 0.543. The molecule has 2 heterocycles. The van der Waals surface area contributed by atoms with Gasteiger partial charge in [-0.05, 0) is 32.1 Å². The van der Waals surface area contributed by atoms with Gasteiger partial charge in [-0.1, -0.05) is 57.8 Å². The summed E-state index contributed by atoms with van der Waals surface area (Å²) in [6, 6.07) is 1.44. The average Bonchev–Trinajstić information content (AvgIpc) is 3.04. The lowest BCUT2D eigenvalue weighted by molar-refractivity contribution is 0.0954. The van der Waals surface area contributed by atoms with Gasteiger partial charge >= 0.3 is 0 Å². The van der Waals surface area contributed by atoms with Gasteiger partial charge in [0, 0.05) is 12.1 Å². The lowest BCUT2D eigenvalue weighted by Gasteiger charge is -2.27. The summed E-state index contributed by atoms with van der Waals surface area (Å²) in [5.41, 5.74) is 0. The number of rotatable bonds is 2. The van der Waals surface area contributed by atoms with Crippen molar-refractivity contribution in [1.29, 1.82) is 0 Å². The Balaban J connectivity index is 1.44. The van der Waals surface area contributed by atoms with Crippen molar-refractivity contribution in [2.75, 3.05) is 0 Å². The molecule has 1 aliphatic carbocycles. The second-order valence-corrected chi connectivity index (χ2v) is 7.34. The third-order valence-electron chi connectivity index (χ3n) is 5.66. The Labute approximate surface area is 125 Å². The Morgan fingerprint density at radius 2 is 1.25 bits per heavy atom. The predicted molar refractivity (Wildman–Crippen MR) is 84.0 cm³/mol. The van der Waals surface area contributed by atoms with E-state index in [2.05, 4.69) is 5.32 Å². The maximum absolute atomic E-state index is 6.00. The van der Waals surface area contributed by atoms with Crippen LogP contribution in [0.5, 0.6) is 0 Å². The normalized spacial score (nSPS) is 37.5. The van der Waals surface area contributed by atoms with Gasteiger partial charge in [0.2, 0.25) is 0 Å². The minimum absolute atomic E-state index is 0.543. The van der Waals surface area contributed by atoms with Crippen molar-refractivity contribution < 1.29 is 4.74 Å². The summed E-state index contributed by atoms with van der Waals surface area (Å²) in [7, 11) is 0. The number of ether oxygens (including phenoxy) is 1. The second-order valence-electron chi connectivity index (χ2n) is 7.34. The Bertz CT molecular complexity index is 269. The van der Waals surface area contributed by atoms with E-state index in [0.717, 1.165) is 6.04 Å². The first-order chi connectivity index (χ1) is 9.92. The maximum atomic E-state index is 6.00. The summed E-state index contributed by atoms with van der Waals surface area (Å²) >= 11 is 0. The van der Waals surface area contributed by atoms with E-state index in [-0.39, 0.29) is 0 Å². The van der Waals surface area contributed by atoms with Crippen LogP contribution in [0.1, 0.15) is 89.9 Å². The summed E-state index contributed by atoms with van der Waals surface area (Å²) < 4.78 is 6.00. The molecule has 1 N–H and O–H groups in total. The number of hydrogen-bond acceptors (Lipinski definition) is 2. The van der Waals surface area contributed by atoms with E-state index in [9.17, 15) is 0 Å². The largest absolute Gasteiger partial charge is 0.373 e. The first-order valence-electron chi connectivity index (χ1n) is 9.33. The van der Waals surface area contributed by atoms with E-state index in [1.165, 1.54) is 89.9 Å². The molecule has 3 aliphatic rings. The SMILES string of the molecule is C1CCCCCC(NC2CC3CCC2O3)CCCCC1. The maximum Gasteiger partial charge on any atom is 0.0733 e. The Morgan fingerprint density at radius 1 is 0.650 bits per heavy atom. The lowest BCUT2D eigenvalue weighted by Crippen LogP contribution is -2.43. The molecule has 20 heavy (non-hydrogen) atoms. The van der Waals surface area contributed by atoms with Crippen molar-refractivity contribution in [3.05, 3.63) is 0 Å². The van der Waals surface area contributed by atoms with Gasteiger partial charge < -0.3 is 10.1 Å². The van der Waals surface area contributed by atoms with Crippen molar-refractivity contribution in [2.45, 2.75) is 114 Å². The van der Waals surface area contributed by atoms with Gasteiger partial charge in [-0.2, -0.15) is 0 Å². The fourth-order valence-electron chi connectivity index (χ4n) is 4.45. The van der Waals surface area contributed by atoms with E-state index >= 15 is 0 Å². The van der Waals surface area contributed by atoms with Crippen LogP contribution in [0.2, 0.25) is 0 Å². The van der Waals surface area contributed by atoms with Crippen LogP contribution in [-0.2, 0) is 4.74 Å². The van der Waals surface area contributed by atoms with E-state index in [4.69, 9.17) is 4.74 Å². The van der Waals surface area contributed by atoms with Crippen LogP contribution in [0.4, 0.5) is 0 Å². The van der Waals surface area contributed by atoms with Crippen molar-refractivity contribution in [1.82, 2.24) is 5.32 Å². The molecular formula is C18H33NO. The van der Waals surface area contributed by atoms with Gasteiger partial charge in [0.1, 0.15) is 0 Å². The van der Waals surface area contributed by atoms with Crippen molar-refractivity contribution >= 4 is 0 Å². The van der Waals surface area contributed by atoms with Crippen LogP contribution in [-0.4, -0.2) is 24.3 Å². The van der Waals surface area contributed by atoms with Crippen LogP contribution in [0.3, 0.4) is 0 Å². The van der Waals surface area contributed by atoms with Crippen LogP contribution in [0.15, 0.2) is 0 Å². The zero-order valence-corrected chi connectivity index (χ0v) is 13.1. The highest BCUT2D eigenvalue weighted by atomic mass is 16.5. The molecule has 0 aromatic rings. The predicted octanol–water partition coefficient (Wildman–Crippen LogP) is 4.57. The minimum Gasteiger partial charge on any atom is -0.373 e. The monoisotopic (exact) mass is 279 g/mol. The van der Waals surface area contributed by atoms with Crippen LogP contribution < -0.4 is 5.32 Å². The molecule has 0 spiro atoms. The van der Waals surface area contributed by atoms with Crippen molar-refractivity contribution in [3.8, 4) is 0 Å². The topological polar surface area (TPSA) is 21.3 Å². The molecule has 3 unspecified atom stereocenters. The van der Waals surface area contributed by atoms with Gasteiger partial charge in [0.05, 0.1) is 12.2 Å². The summed E-state index contributed by atoms with van der Waals surface area (Å²) in [6.07, 6.45) is 20.9. The van der Waals surface area contributed by atoms with Crippen molar-refractivity contribution in [3.63, 3.8) is 0 Å². The van der Waals surface area contributed by atoms with Gasteiger partial charge in [-0.25, -0.2) is 0 Å². The van der Waals surface area contributed by atoms with Gasteiger partial charge in [-0.3, -0.25) is 0 Å². The molecule has 0 aromatic carbocycles. The van der Waals surface area contributed by atoms with Crippen molar-refractivity contribution in [2.24, 2.45) is 0 Å². The Kier molecular flexibility index (Phi) is 5.78. The second kappa shape index (κ2) is 7.79. The molecule has 1 saturated carbocycles. The Morgan fingerprint density at radius 3 is 1.75 bits per heavy atom. The standard InChI is InChI=1S/C18H33NO/c1-2-4-6-8-10-15(11-9-7-5-3-1)19-17-14-16-12-13-18(17)20-16/h15-19H,1-14H2. The summed E-state index contributed by atoms with van der Waals surface area (Å²) in [6.45, 7) is 0. The average molecular weight is 279 g/mol. The molecule has 2 heteroatoms. The molecule has 2 aliphatic heterocycles. The van der Waals surface area contributed by atoms with Crippen LogP contribution in [0.25, 0.3) is 0 Å². The van der Waals surface area contributed by atoms with Crippen LogP contribution in [0, 0.1) is 0 Å². The molecule has 2 nitrogen and oxygen atoms in total. The summed E-state index contributed by atoms with van der Waals surface area (Å²) in [5, 5.41) is 3.98. The van der Waals surface area contributed by atoms with E-state index < -0.39 is 0 Å². The Hall–Kier alpha value is -0.0800. The highest BCUT2D eigenvalue weighted by Gasteiger charge is 2.41. The summed E-state index contributed by atoms with van der Waals surface area (Å²) in [4.78, 5) is 0. The highest BCUT2D eigenvalue weighted by Crippen LogP contribution is 2.35. The quantitative estimate of drug-likeness (QED) is 0.799. The molecule has 0 amide bonds. The molecule has 3 fully saturated rings. The number of hydrogen-bond donors (Lipinski definition) is 1. The molecular weight excluding hydrogens is 246 g/mol. The van der Waals surface area contributed by atoms with E-state index in [0.29, 0.717) is 18.2 Å². The third-order valence-corrected chi connectivity index (χ3v) is 5.66. The molecule has 2 bridgehead atoms. The molecule has 116 valence electrons. The van der Waals surface area contributed by atoms with E-state index in [1.807, 2.05) is 0 Å². The zero-order chi connectivity index (χ0) is 13.6. The van der Waals surface area contributed by atoms with E-state index in [1.54, 1.807) is 0 Å². The molecule has 0 radical (unpaired) electrons. The molecule has 3 atom stereocenters. The fraction of sp³-hybridized carbons (Fsp3) is 1.00. The van der Waals surface area contributed by atoms with Gasteiger partial charge in [-0.15, -0.1) is 0 Å². The fourth-order valence-corrected chi connectivity index (χ4v) is 4.45. The number of nitrogens with one attached hydrogen (secondary N) is 1. The van der Waals surface area contributed by atoms with Gasteiger partial charge in [0.25, 0.3) is 0 Å².